The maximum absolute atomic E-state index is 13.0. The molecule has 1 heterocycles. The molecule has 0 aromatic heterocycles. The van der Waals surface area contributed by atoms with E-state index in [4.69, 9.17) is 4.74 Å². The molecule has 32 heavy (non-hydrogen) atoms. The minimum absolute atomic E-state index is 0.0355. The Kier molecular flexibility index (Phi) is 6.25. The molecular formula is C24H24N2O5S. The summed E-state index contributed by atoms with van der Waals surface area (Å²) < 4.78 is 32.9. The first-order chi connectivity index (χ1) is 15.4. The Morgan fingerprint density at radius 3 is 2.34 bits per heavy atom. The van der Waals surface area contributed by atoms with Gasteiger partial charge in [0.15, 0.2) is 0 Å². The van der Waals surface area contributed by atoms with Crippen LogP contribution in [0.4, 0.5) is 0 Å². The summed E-state index contributed by atoms with van der Waals surface area (Å²) in [7, 11) is -3.78. The third-order valence-electron chi connectivity index (χ3n) is 5.63. The number of hydrogen-bond acceptors (Lipinski definition) is 5. The predicted octanol–water partition coefficient (Wildman–Crippen LogP) is 3.05. The molecule has 8 heteroatoms. The number of hydrogen-bond donors (Lipinski definition) is 0. The summed E-state index contributed by atoms with van der Waals surface area (Å²) in [5, 5.41) is 2.06. The highest BCUT2D eigenvalue weighted by Gasteiger charge is 2.29. The van der Waals surface area contributed by atoms with Crippen molar-refractivity contribution in [1.29, 1.82) is 0 Å². The molecule has 0 spiro atoms. The van der Waals surface area contributed by atoms with E-state index >= 15 is 0 Å². The fraction of sp³-hybridized carbons (Fsp3) is 0.250. The first kappa shape index (κ1) is 22.0. The van der Waals surface area contributed by atoms with Crippen LogP contribution in [-0.2, 0) is 26.2 Å². The number of benzene rings is 3. The molecule has 0 aliphatic carbocycles. The van der Waals surface area contributed by atoms with Gasteiger partial charge in [-0.15, -0.1) is 0 Å². The van der Waals surface area contributed by atoms with Gasteiger partial charge in [-0.25, -0.2) is 13.2 Å². The van der Waals surface area contributed by atoms with E-state index in [0.717, 1.165) is 16.3 Å². The van der Waals surface area contributed by atoms with Gasteiger partial charge in [-0.1, -0.05) is 48.5 Å². The maximum Gasteiger partial charge on any atom is 0.338 e. The summed E-state index contributed by atoms with van der Waals surface area (Å²) in [5.74, 6) is -0.658. The van der Waals surface area contributed by atoms with Gasteiger partial charge in [-0.05, 0) is 34.5 Å². The number of piperazine rings is 1. The standard InChI is InChI=1S/C24H24N2O5S/c1-18(27)25-12-14-26(15-13-25)32(29,30)22-10-5-8-20(16-22)24(28)31-17-21-9-4-7-19-6-2-3-11-23(19)21/h2-11,16H,12-15,17H2,1H3. The Balaban J connectivity index is 1.47. The van der Waals surface area contributed by atoms with Gasteiger partial charge in [-0.3, -0.25) is 4.79 Å². The Bertz CT molecular complexity index is 1260. The molecule has 0 N–H and O–H groups in total. The number of nitrogens with zero attached hydrogens (tertiary/aromatic N) is 2. The molecule has 4 rings (SSSR count). The summed E-state index contributed by atoms with van der Waals surface area (Å²) in [4.78, 5) is 25.8. The second-order valence-electron chi connectivity index (χ2n) is 7.65. The minimum atomic E-state index is -3.78. The average Bonchev–Trinajstić information content (AvgIpc) is 2.82. The zero-order valence-corrected chi connectivity index (χ0v) is 18.5. The third-order valence-corrected chi connectivity index (χ3v) is 7.52. The molecule has 1 aliphatic heterocycles. The summed E-state index contributed by atoms with van der Waals surface area (Å²) in [6.07, 6.45) is 0. The Hall–Kier alpha value is -3.23. The van der Waals surface area contributed by atoms with Crippen molar-refractivity contribution >= 4 is 32.7 Å². The van der Waals surface area contributed by atoms with Gasteiger partial charge < -0.3 is 9.64 Å². The summed E-state index contributed by atoms with van der Waals surface area (Å²) in [6.45, 7) is 2.69. The van der Waals surface area contributed by atoms with E-state index in [9.17, 15) is 18.0 Å². The first-order valence-corrected chi connectivity index (χ1v) is 11.8. The second-order valence-corrected chi connectivity index (χ2v) is 9.59. The van der Waals surface area contributed by atoms with Gasteiger partial charge in [0.25, 0.3) is 0 Å². The van der Waals surface area contributed by atoms with Crippen LogP contribution in [0, 0.1) is 0 Å². The van der Waals surface area contributed by atoms with Gasteiger partial charge in [-0.2, -0.15) is 4.31 Å². The van der Waals surface area contributed by atoms with Gasteiger partial charge >= 0.3 is 5.97 Å². The fourth-order valence-electron chi connectivity index (χ4n) is 3.82. The molecule has 166 valence electrons. The quantitative estimate of drug-likeness (QED) is 0.556. The normalized spacial score (nSPS) is 15.0. The highest BCUT2D eigenvalue weighted by atomic mass is 32.2. The summed E-state index contributed by atoms with van der Waals surface area (Å²) >= 11 is 0. The van der Waals surface area contributed by atoms with E-state index in [1.54, 1.807) is 4.90 Å². The van der Waals surface area contributed by atoms with Crippen LogP contribution >= 0.6 is 0 Å². The molecule has 3 aromatic rings. The molecule has 3 aromatic carbocycles. The maximum atomic E-state index is 13.0. The average molecular weight is 453 g/mol. The predicted molar refractivity (Wildman–Crippen MR) is 121 cm³/mol. The lowest BCUT2D eigenvalue weighted by Crippen LogP contribution is -2.49. The Morgan fingerprint density at radius 2 is 1.59 bits per heavy atom. The second kappa shape index (κ2) is 9.10. The number of carbonyl (C=O) groups excluding carboxylic acids is 2. The molecule has 0 bridgehead atoms. The lowest BCUT2D eigenvalue weighted by Gasteiger charge is -2.33. The largest absolute Gasteiger partial charge is 0.457 e. The lowest BCUT2D eigenvalue weighted by atomic mass is 10.1. The molecule has 1 amide bonds. The van der Waals surface area contributed by atoms with Crippen LogP contribution in [0.2, 0.25) is 0 Å². The third kappa shape index (κ3) is 4.51. The van der Waals surface area contributed by atoms with E-state index < -0.39 is 16.0 Å². The van der Waals surface area contributed by atoms with Crippen LogP contribution in [-0.4, -0.2) is 55.7 Å². The molecule has 1 saturated heterocycles. The van der Waals surface area contributed by atoms with E-state index in [0.29, 0.717) is 13.1 Å². The van der Waals surface area contributed by atoms with Crippen molar-refractivity contribution < 1.29 is 22.7 Å². The minimum Gasteiger partial charge on any atom is -0.457 e. The van der Waals surface area contributed by atoms with Crippen LogP contribution in [0.1, 0.15) is 22.8 Å². The number of ether oxygens (including phenoxy) is 1. The SMILES string of the molecule is CC(=O)N1CCN(S(=O)(=O)c2cccc(C(=O)OCc3cccc4ccccc34)c2)CC1. The van der Waals surface area contributed by atoms with E-state index in [-0.39, 0.29) is 36.1 Å². The molecule has 7 nitrogen and oxygen atoms in total. The van der Waals surface area contributed by atoms with Crippen LogP contribution in [0.3, 0.4) is 0 Å². The molecule has 0 atom stereocenters. The molecule has 1 aliphatic rings. The highest BCUT2D eigenvalue weighted by molar-refractivity contribution is 7.89. The zero-order chi connectivity index (χ0) is 22.7. The summed E-state index contributed by atoms with van der Waals surface area (Å²) in [6, 6.07) is 19.5. The van der Waals surface area contributed by atoms with Crippen molar-refractivity contribution in [2.75, 3.05) is 26.2 Å². The van der Waals surface area contributed by atoms with Crippen molar-refractivity contribution in [3.8, 4) is 0 Å². The number of esters is 1. The van der Waals surface area contributed by atoms with E-state index in [1.165, 1.54) is 35.5 Å². The van der Waals surface area contributed by atoms with E-state index in [2.05, 4.69) is 0 Å². The van der Waals surface area contributed by atoms with Gasteiger partial charge in [0.2, 0.25) is 15.9 Å². The highest BCUT2D eigenvalue weighted by Crippen LogP contribution is 2.22. The molecule has 1 fully saturated rings. The monoisotopic (exact) mass is 452 g/mol. The first-order valence-electron chi connectivity index (χ1n) is 10.4. The molecule has 0 unspecified atom stereocenters. The van der Waals surface area contributed by atoms with Gasteiger partial charge in [0.05, 0.1) is 10.5 Å². The van der Waals surface area contributed by atoms with Crippen molar-refractivity contribution in [3.05, 3.63) is 77.9 Å². The summed E-state index contributed by atoms with van der Waals surface area (Å²) in [5.41, 5.74) is 1.05. The van der Waals surface area contributed by atoms with Crippen LogP contribution in [0.5, 0.6) is 0 Å². The molecule has 0 saturated carbocycles. The Morgan fingerprint density at radius 1 is 0.906 bits per heavy atom. The fourth-order valence-corrected chi connectivity index (χ4v) is 5.29. The van der Waals surface area contributed by atoms with Crippen molar-refractivity contribution in [2.45, 2.75) is 18.4 Å². The van der Waals surface area contributed by atoms with Crippen molar-refractivity contribution in [3.63, 3.8) is 0 Å². The van der Waals surface area contributed by atoms with E-state index in [1.807, 2.05) is 42.5 Å². The number of sulfonamides is 1. The van der Waals surface area contributed by atoms with Gasteiger partial charge in [0.1, 0.15) is 6.61 Å². The molecule has 0 radical (unpaired) electrons. The van der Waals surface area contributed by atoms with Crippen LogP contribution in [0.25, 0.3) is 10.8 Å². The number of fused-ring (bicyclic) bond motifs is 1. The number of rotatable bonds is 5. The van der Waals surface area contributed by atoms with Crippen LogP contribution in [0.15, 0.2) is 71.6 Å². The van der Waals surface area contributed by atoms with Gasteiger partial charge in [0, 0.05) is 33.1 Å². The smallest absolute Gasteiger partial charge is 0.338 e. The number of amides is 1. The topological polar surface area (TPSA) is 84.0 Å². The lowest BCUT2D eigenvalue weighted by molar-refractivity contribution is -0.129. The van der Waals surface area contributed by atoms with Crippen molar-refractivity contribution in [2.24, 2.45) is 0 Å². The molecular weight excluding hydrogens is 428 g/mol. The number of carbonyl (C=O) groups is 2. The van der Waals surface area contributed by atoms with Crippen LogP contribution < -0.4 is 0 Å². The Labute approximate surface area is 187 Å². The zero-order valence-electron chi connectivity index (χ0n) is 17.7. The van der Waals surface area contributed by atoms with Crippen molar-refractivity contribution in [1.82, 2.24) is 9.21 Å².